The van der Waals surface area contributed by atoms with E-state index in [4.69, 9.17) is 0 Å². The van der Waals surface area contributed by atoms with Gasteiger partial charge >= 0.3 is 0 Å². The highest BCUT2D eigenvalue weighted by Crippen LogP contribution is 2.25. The summed E-state index contributed by atoms with van der Waals surface area (Å²) in [6.07, 6.45) is 1.46. The smallest absolute Gasteiger partial charge is 0.244 e. The summed E-state index contributed by atoms with van der Waals surface area (Å²) in [5.41, 5.74) is 0.769. The van der Waals surface area contributed by atoms with Crippen molar-refractivity contribution in [1.82, 2.24) is 19.8 Å². The Bertz CT molecular complexity index is 870. The number of nitrogens with one attached hydrogen (secondary N) is 2. The van der Waals surface area contributed by atoms with Crippen molar-refractivity contribution in [1.29, 1.82) is 0 Å². The van der Waals surface area contributed by atoms with Crippen molar-refractivity contribution in [3.05, 3.63) is 24.3 Å². The second kappa shape index (κ2) is 6.44. The van der Waals surface area contributed by atoms with Gasteiger partial charge in [-0.3, -0.25) is 9.59 Å². The fourth-order valence-corrected chi connectivity index (χ4v) is 3.48. The number of amides is 2. The summed E-state index contributed by atoms with van der Waals surface area (Å²) >= 11 is 0. The predicted molar refractivity (Wildman–Crippen MR) is 98.9 cm³/mol. The molecule has 2 aliphatic rings. The fraction of sp³-hybridized carbons (Fsp3) is 0.444. The summed E-state index contributed by atoms with van der Waals surface area (Å²) in [4.78, 5) is 36.9. The topological polar surface area (TPSA) is 90.5 Å². The van der Waals surface area contributed by atoms with Crippen LogP contribution in [0.4, 0.5) is 11.8 Å². The largest absolute Gasteiger partial charge is 0.358 e. The monoisotopic (exact) mass is 354 g/mol. The van der Waals surface area contributed by atoms with Gasteiger partial charge in [0.25, 0.3) is 0 Å². The average Bonchev–Trinajstić information content (AvgIpc) is 3.12. The van der Waals surface area contributed by atoms with Gasteiger partial charge in [-0.15, -0.1) is 0 Å². The molecule has 1 aromatic carbocycles. The first-order valence-corrected chi connectivity index (χ1v) is 8.83. The molecule has 0 saturated carbocycles. The third-order valence-corrected chi connectivity index (χ3v) is 5.07. The number of fused-ring (bicyclic) bond motifs is 1. The summed E-state index contributed by atoms with van der Waals surface area (Å²) in [6.45, 7) is 1.45. The van der Waals surface area contributed by atoms with Crippen LogP contribution in [0.5, 0.6) is 0 Å². The molecular weight excluding hydrogens is 332 g/mol. The Labute approximate surface area is 151 Å². The van der Waals surface area contributed by atoms with Crippen molar-refractivity contribution in [2.75, 3.05) is 37.8 Å². The van der Waals surface area contributed by atoms with E-state index in [2.05, 4.69) is 20.6 Å². The third-order valence-electron chi connectivity index (χ3n) is 5.07. The molecule has 2 fully saturated rings. The number of carbonyl (C=O) groups is 2. The van der Waals surface area contributed by atoms with Crippen LogP contribution in [-0.4, -0.2) is 70.9 Å². The molecule has 8 nitrogen and oxygen atoms in total. The summed E-state index contributed by atoms with van der Waals surface area (Å²) in [5, 5.41) is 7.28. The number of carbonyl (C=O) groups excluding carboxylic acids is 2. The molecule has 2 N–H and O–H groups in total. The Hall–Kier alpha value is -2.90. The molecular formula is C18H22N6O2. The molecule has 0 aliphatic carbocycles. The maximum absolute atomic E-state index is 12.2. The zero-order valence-corrected chi connectivity index (χ0v) is 14.9. The van der Waals surface area contributed by atoms with Crippen LogP contribution >= 0.6 is 0 Å². The third kappa shape index (κ3) is 2.91. The quantitative estimate of drug-likeness (QED) is 0.848. The van der Waals surface area contributed by atoms with Gasteiger partial charge in [0.2, 0.25) is 17.8 Å². The van der Waals surface area contributed by atoms with Crippen molar-refractivity contribution in [3.8, 4) is 0 Å². The lowest BCUT2D eigenvalue weighted by Gasteiger charge is -2.17. The highest BCUT2D eigenvalue weighted by molar-refractivity contribution is 5.94. The van der Waals surface area contributed by atoms with Gasteiger partial charge in [-0.25, -0.2) is 4.98 Å². The lowest BCUT2D eigenvalue weighted by Crippen LogP contribution is -2.32. The minimum absolute atomic E-state index is 0.0452. The number of nitrogens with zero attached hydrogens (tertiary/aromatic N) is 4. The molecule has 2 aromatic rings. The Morgan fingerprint density at radius 3 is 2.15 bits per heavy atom. The summed E-state index contributed by atoms with van der Waals surface area (Å²) < 4.78 is 0. The molecule has 0 radical (unpaired) electrons. The SMILES string of the molecule is CN1CCC(Nc2nc(NC3CCN(C)C3=O)c3ccccc3n2)C1=O. The minimum Gasteiger partial charge on any atom is -0.358 e. The molecule has 2 unspecified atom stereocenters. The molecule has 4 rings (SSSR count). The van der Waals surface area contributed by atoms with E-state index in [0.717, 1.165) is 36.8 Å². The number of likely N-dealkylation sites (N-methyl/N-ethyl adjacent to an activating group) is 2. The van der Waals surface area contributed by atoms with Gasteiger partial charge in [0.15, 0.2) is 0 Å². The van der Waals surface area contributed by atoms with E-state index in [9.17, 15) is 9.59 Å². The molecule has 0 bridgehead atoms. The van der Waals surface area contributed by atoms with E-state index in [-0.39, 0.29) is 23.9 Å². The van der Waals surface area contributed by atoms with Gasteiger partial charge in [-0.1, -0.05) is 12.1 Å². The first kappa shape index (κ1) is 16.6. The van der Waals surface area contributed by atoms with E-state index in [1.807, 2.05) is 24.3 Å². The van der Waals surface area contributed by atoms with Crippen molar-refractivity contribution in [2.45, 2.75) is 24.9 Å². The Morgan fingerprint density at radius 2 is 1.54 bits per heavy atom. The van der Waals surface area contributed by atoms with Gasteiger partial charge in [-0.2, -0.15) is 4.98 Å². The van der Waals surface area contributed by atoms with E-state index in [1.54, 1.807) is 23.9 Å². The average molecular weight is 354 g/mol. The number of benzene rings is 1. The minimum atomic E-state index is -0.312. The molecule has 2 atom stereocenters. The Balaban J connectivity index is 1.65. The number of hydrogen-bond donors (Lipinski definition) is 2. The van der Waals surface area contributed by atoms with Crippen LogP contribution < -0.4 is 10.6 Å². The van der Waals surface area contributed by atoms with Crippen LogP contribution in [0.1, 0.15) is 12.8 Å². The summed E-state index contributed by atoms with van der Waals surface area (Å²) in [5.74, 6) is 1.13. The Morgan fingerprint density at radius 1 is 0.923 bits per heavy atom. The molecule has 26 heavy (non-hydrogen) atoms. The number of hydrogen-bond acceptors (Lipinski definition) is 6. The zero-order chi connectivity index (χ0) is 18.3. The molecule has 1 aromatic heterocycles. The zero-order valence-electron chi connectivity index (χ0n) is 14.9. The number of rotatable bonds is 4. The lowest BCUT2D eigenvalue weighted by molar-refractivity contribution is -0.127. The molecule has 2 amide bonds. The summed E-state index contributed by atoms with van der Waals surface area (Å²) in [6, 6.07) is 7.06. The summed E-state index contributed by atoms with van der Waals surface area (Å²) in [7, 11) is 3.59. The maximum atomic E-state index is 12.2. The van der Waals surface area contributed by atoms with Gasteiger partial charge in [0.05, 0.1) is 5.52 Å². The van der Waals surface area contributed by atoms with Gasteiger partial charge in [0.1, 0.15) is 17.9 Å². The van der Waals surface area contributed by atoms with Gasteiger partial charge < -0.3 is 20.4 Å². The van der Waals surface area contributed by atoms with Crippen LogP contribution in [0.2, 0.25) is 0 Å². The second-order valence-electron chi connectivity index (χ2n) is 6.90. The number of likely N-dealkylation sites (tertiary alicyclic amines) is 2. The van der Waals surface area contributed by atoms with Crippen LogP contribution in [-0.2, 0) is 9.59 Å². The lowest BCUT2D eigenvalue weighted by atomic mass is 10.2. The highest BCUT2D eigenvalue weighted by atomic mass is 16.2. The van der Waals surface area contributed by atoms with E-state index in [1.165, 1.54) is 0 Å². The first-order chi connectivity index (χ1) is 12.5. The van der Waals surface area contributed by atoms with E-state index < -0.39 is 0 Å². The van der Waals surface area contributed by atoms with Crippen molar-refractivity contribution in [3.63, 3.8) is 0 Å². The van der Waals surface area contributed by atoms with E-state index >= 15 is 0 Å². The normalized spacial score (nSPS) is 23.2. The Kier molecular flexibility index (Phi) is 4.10. The van der Waals surface area contributed by atoms with Crippen LogP contribution in [0.3, 0.4) is 0 Å². The van der Waals surface area contributed by atoms with E-state index in [0.29, 0.717) is 11.8 Å². The van der Waals surface area contributed by atoms with Crippen LogP contribution in [0.15, 0.2) is 24.3 Å². The highest BCUT2D eigenvalue weighted by Gasteiger charge is 2.31. The van der Waals surface area contributed by atoms with Crippen molar-refractivity contribution in [2.24, 2.45) is 0 Å². The standard InChI is InChI=1S/C18H22N6O2/c1-23-9-7-13(16(23)25)19-15-11-5-3-4-6-12(11)20-18(22-15)21-14-8-10-24(2)17(14)26/h3-6,13-14H,7-10H2,1-2H3,(H2,19,20,21,22). The molecule has 2 saturated heterocycles. The van der Waals surface area contributed by atoms with Gasteiger partial charge in [0, 0.05) is 32.6 Å². The predicted octanol–water partition coefficient (Wildman–Crippen LogP) is 0.915. The van der Waals surface area contributed by atoms with Crippen LogP contribution in [0, 0.1) is 0 Å². The second-order valence-corrected chi connectivity index (χ2v) is 6.90. The fourth-order valence-electron chi connectivity index (χ4n) is 3.48. The molecule has 0 spiro atoms. The van der Waals surface area contributed by atoms with Gasteiger partial charge in [-0.05, 0) is 25.0 Å². The molecule has 2 aliphatic heterocycles. The number of anilines is 2. The van der Waals surface area contributed by atoms with Crippen LogP contribution in [0.25, 0.3) is 10.9 Å². The first-order valence-electron chi connectivity index (χ1n) is 8.83. The molecule has 8 heteroatoms. The maximum Gasteiger partial charge on any atom is 0.244 e. The molecule has 136 valence electrons. The van der Waals surface area contributed by atoms with Crippen molar-refractivity contribution < 1.29 is 9.59 Å². The number of para-hydroxylation sites is 1. The number of aromatic nitrogens is 2. The van der Waals surface area contributed by atoms with Crippen molar-refractivity contribution >= 4 is 34.5 Å². The molecule has 3 heterocycles.